The van der Waals surface area contributed by atoms with Gasteiger partial charge in [0.1, 0.15) is 17.7 Å². The summed E-state index contributed by atoms with van der Waals surface area (Å²) >= 11 is 0. The average Bonchev–Trinajstić information content (AvgIpc) is 2.74. The van der Waals surface area contributed by atoms with E-state index in [9.17, 15) is 19.2 Å². The van der Waals surface area contributed by atoms with Crippen LogP contribution in [0.25, 0.3) is 11.0 Å². The lowest BCUT2D eigenvalue weighted by atomic mass is 10.1. The van der Waals surface area contributed by atoms with Crippen LogP contribution in [0.5, 0.6) is 5.75 Å². The van der Waals surface area contributed by atoms with Gasteiger partial charge in [0.05, 0.1) is 31.2 Å². The molecule has 0 saturated heterocycles. The van der Waals surface area contributed by atoms with Crippen LogP contribution in [-0.4, -0.2) is 40.1 Å². The molecule has 9 nitrogen and oxygen atoms in total. The number of hydrogen-bond acceptors (Lipinski definition) is 7. The molecule has 0 N–H and O–H groups in total. The number of pyridine rings is 1. The molecular weight excluding hydrogens is 390 g/mol. The molecule has 2 heterocycles. The van der Waals surface area contributed by atoms with Gasteiger partial charge in [-0.05, 0) is 38.1 Å². The van der Waals surface area contributed by atoms with Gasteiger partial charge in [-0.3, -0.25) is 18.7 Å². The zero-order chi connectivity index (χ0) is 22.0. The Balaban J connectivity index is 2.32. The van der Waals surface area contributed by atoms with E-state index in [1.54, 1.807) is 32.0 Å². The summed E-state index contributed by atoms with van der Waals surface area (Å²) in [4.78, 5) is 54.1. The van der Waals surface area contributed by atoms with E-state index in [2.05, 4.69) is 4.98 Å². The Labute approximate surface area is 171 Å². The highest BCUT2D eigenvalue weighted by Gasteiger charge is 2.21. The Morgan fingerprint density at radius 2 is 1.97 bits per heavy atom. The number of nitrogens with zero attached hydrogens (tertiary/aromatic N) is 3. The number of rotatable bonds is 6. The van der Waals surface area contributed by atoms with Crippen molar-refractivity contribution in [2.45, 2.75) is 20.4 Å². The Bertz CT molecular complexity index is 1270. The second-order valence-electron chi connectivity index (χ2n) is 6.65. The fraction of sp³-hybridized carbons (Fsp3) is 0.286. The lowest BCUT2D eigenvalue weighted by Gasteiger charge is -2.15. The lowest BCUT2D eigenvalue weighted by molar-refractivity contribution is 0.0528. The summed E-state index contributed by atoms with van der Waals surface area (Å²) in [5.41, 5.74) is 0.166. The molecule has 0 radical (unpaired) electrons. The predicted molar refractivity (Wildman–Crippen MR) is 109 cm³/mol. The van der Waals surface area contributed by atoms with Crippen molar-refractivity contribution >= 4 is 23.3 Å². The first-order chi connectivity index (χ1) is 14.3. The molecule has 2 aromatic heterocycles. The van der Waals surface area contributed by atoms with Crippen LogP contribution >= 0.6 is 0 Å². The summed E-state index contributed by atoms with van der Waals surface area (Å²) in [6.45, 7) is 3.31. The third kappa shape index (κ3) is 3.61. The molecule has 0 aliphatic rings. The van der Waals surface area contributed by atoms with E-state index in [1.165, 1.54) is 24.8 Å². The monoisotopic (exact) mass is 411 g/mol. The van der Waals surface area contributed by atoms with Gasteiger partial charge in [-0.1, -0.05) is 0 Å². The first kappa shape index (κ1) is 21.0. The van der Waals surface area contributed by atoms with Crippen molar-refractivity contribution in [3.8, 4) is 5.75 Å². The predicted octanol–water partition coefficient (Wildman–Crippen LogP) is 1.45. The van der Waals surface area contributed by atoms with Gasteiger partial charge in [-0.15, -0.1) is 0 Å². The zero-order valence-corrected chi connectivity index (χ0v) is 17.1. The number of carbonyl (C=O) groups excluding carboxylic acids is 2. The highest BCUT2D eigenvalue weighted by Crippen LogP contribution is 2.20. The molecular formula is C21H21N3O6. The van der Waals surface area contributed by atoms with Crippen LogP contribution in [-0.2, 0) is 18.3 Å². The highest BCUT2D eigenvalue weighted by atomic mass is 16.5. The van der Waals surface area contributed by atoms with Crippen molar-refractivity contribution in [1.82, 2.24) is 14.1 Å². The minimum Gasteiger partial charge on any atom is -0.496 e. The summed E-state index contributed by atoms with van der Waals surface area (Å²) < 4.78 is 12.6. The molecule has 3 rings (SSSR count). The van der Waals surface area contributed by atoms with Crippen molar-refractivity contribution in [3.05, 3.63) is 67.5 Å². The number of methoxy groups -OCH3 is 1. The van der Waals surface area contributed by atoms with E-state index in [-0.39, 0.29) is 29.7 Å². The molecule has 0 amide bonds. The van der Waals surface area contributed by atoms with Gasteiger partial charge in [0.15, 0.2) is 0 Å². The van der Waals surface area contributed by atoms with Crippen LogP contribution in [0.3, 0.4) is 0 Å². The van der Waals surface area contributed by atoms with Gasteiger partial charge in [0.25, 0.3) is 5.56 Å². The first-order valence-electron chi connectivity index (χ1n) is 9.22. The van der Waals surface area contributed by atoms with Crippen molar-refractivity contribution in [1.29, 1.82) is 0 Å². The number of ether oxygens (including phenoxy) is 2. The average molecular weight is 411 g/mol. The van der Waals surface area contributed by atoms with E-state index in [1.807, 2.05) is 0 Å². The third-order valence-corrected chi connectivity index (χ3v) is 4.69. The number of benzene rings is 1. The summed E-state index contributed by atoms with van der Waals surface area (Å²) in [7, 11) is 2.92. The SMILES string of the molecule is CCOC(=O)c1cc(C)nc2c1c(=O)n(Cc1cc(C=O)ccc1OC)c(=O)n2C. The molecule has 0 aliphatic heterocycles. The fourth-order valence-corrected chi connectivity index (χ4v) is 3.28. The van der Waals surface area contributed by atoms with Crippen molar-refractivity contribution in [2.24, 2.45) is 7.05 Å². The van der Waals surface area contributed by atoms with Gasteiger partial charge >= 0.3 is 11.7 Å². The fourth-order valence-electron chi connectivity index (χ4n) is 3.28. The lowest BCUT2D eigenvalue weighted by Crippen LogP contribution is -2.40. The molecule has 9 heteroatoms. The number of carbonyl (C=O) groups is 2. The zero-order valence-electron chi connectivity index (χ0n) is 17.1. The van der Waals surface area contributed by atoms with Gasteiger partial charge in [0, 0.05) is 23.9 Å². The molecule has 156 valence electrons. The summed E-state index contributed by atoms with van der Waals surface area (Å²) in [5.74, 6) is -0.252. The quantitative estimate of drug-likeness (QED) is 0.446. The number of esters is 1. The van der Waals surface area contributed by atoms with E-state index in [0.29, 0.717) is 28.9 Å². The smallest absolute Gasteiger partial charge is 0.339 e. The minimum absolute atomic E-state index is 0.00772. The molecule has 3 aromatic rings. The molecule has 0 spiro atoms. The Morgan fingerprint density at radius 1 is 1.23 bits per heavy atom. The molecule has 0 atom stereocenters. The maximum absolute atomic E-state index is 13.3. The van der Waals surface area contributed by atoms with E-state index >= 15 is 0 Å². The summed E-state index contributed by atoms with van der Waals surface area (Å²) in [5, 5.41) is -0.00772. The molecule has 0 fully saturated rings. The maximum Gasteiger partial charge on any atom is 0.339 e. The number of aromatic nitrogens is 3. The number of aryl methyl sites for hydroxylation is 2. The maximum atomic E-state index is 13.3. The highest BCUT2D eigenvalue weighted by molar-refractivity contribution is 6.02. The van der Waals surface area contributed by atoms with Crippen LogP contribution in [0.2, 0.25) is 0 Å². The Kier molecular flexibility index (Phi) is 5.81. The normalized spacial score (nSPS) is 10.8. The molecule has 1 aromatic carbocycles. The molecule has 0 bridgehead atoms. The van der Waals surface area contributed by atoms with Crippen LogP contribution in [0.15, 0.2) is 33.9 Å². The second kappa shape index (κ2) is 8.32. The van der Waals surface area contributed by atoms with Crippen molar-refractivity contribution < 1.29 is 19.1 Å². The second-order valence-corrected chi connectivity index (χ2v) is 6.65. The molecule has 0 unspecified atom stereocenters. The van der Waals surface area contributed by atoms with E-state index < -0.39 is 17.2 Å². The van der Waals surface area contributed by atoms with E-state index in [0.717, 1.165) is 4.57 Å². The number of aldehydes is 1. The Morgan fingerprint density at radius 3 is 2.60 bits per heavy atom. The van der Waals surface area contributed by atoms with Gasteiger partial charge in [-0.2, -0.15) is 0 Å². The van der Waals surface area contributed by atoms with Crippen LogP contribution in [0, 0.1) is 6.92 Å². The van der Waals surface area contributed by atoms with Crippen molar-refractivity contribution in [3.63, 3.8) is 0 Å². The van der Waals surface area contributed by atoms with Crippen LogP contribution < -0.4 is 16.0 Å². The molecule has 0 saturated carbocycles. The van der Waals surface area contributed by atoms with Crippen molar-refractivity contribution in [2.75, 3.05) is 13.7 Å². The van der Waals surface area contributed by atoms with Gasteiger partial charge < -0.3 is 9.47 Å². The van der Waals surface area contributed by atoms with E-state index in [4.69, 9.17) is 9.47 Å². The largest absolute Gasteiger partial charge is 0.496 e. The number of hydrogen-bond donors (Lipinski definition) is 0. The molecule has 0 aliphatic carbocycles. The van der Waals surface area contributed by atoms with Gasteiger partial charge in [0.2, 0.25) is 0 Å². The third-order valence-electron chi connectivity index (χ3n) is 4.69. The van der Waals surface area contributed by atoms with Crippen LogP contribution in [0.4, 0.5) is 0 Å². The molecule has 30 heavy (non-hydrogen) atoms. The van der Waals surface area contributed by atoms with Crippen LogP contribution in [0.1, 0.15) is 38.9 Å². The summed E-state index contributed by atoms with van der Waals surface area (Å²) in [6, 6.07) is 6.17. The number of fused-ring (bicyclic) bond motifs is 1. The standard InChI is InChI=1S/C21H21N3O6/c1-5-30-20(27)15-8-12(2)22-18-17(15)19(26)24(21(28)23(18)3)10-14-9-13(11-25)6-7-16(14)29-4/h6-9,11H,5,10H2,1-4H3. The summed E-state index contributed by atoms with van der Waals surface area (Å²) in [6.07, 6.45) is 0.662. The first-order valence-corrected chi connectivity index (χ1v) is 9.22. The minimum atomic E-state index is -0.679. The topological polar surface area (TPSA) is 109 Å². The Hall–Kier alpha value is -3.75. The van der Waals surface area contributed by atoms with Gasteiger partial charge in [-0.25, -0.2) is 14.6 Å².